The fourth-order valence-corrected chi connectivity index (χ4v) is 2.76. The first-order valence-corrected chi connectivity index (χ1v) is 7.93. The van der Waals surface area contributed by atoms with Gasteiger partial charge in [-0.15, -0.1) is 12.4 Å². The number of amides is 1. The van der Waals surface area contributed by atoms with E-state index in [2.05, 4.69) is 17.1 Å². The summed E-state index contributed by atoms with van der Waals surface area (Å²) in [6.45, 7) is 4.36. The number of furan rings is 1. The largest absolute Gasteiger partial charge is 0.433 e. The van der Waals surface area contributed by atoms with Gasteiger partial charge in [0.05, 0.1) is 6.07 Å². The maximum Gasteiger partial charge on any atom is 0.433 e. The third-order valence-electron chi connectivity index (χ3n) is 4.27. The number of nitro groups is 1. The number of hydrogen-bond acceptors (Lipinski definition) is 5. The van der Waals surface area contributed by atoms with E-state index in [-0.39, 0.29) is 18.2 Å². The third-order valence-corrected chi connectivity index (χ3v) is 4.27. The zero-order valence-corrected chi connectivity index (χ0v) is 14.6. The molecular formula is C17H20ClN3O4. The zero-order valence-electron chi connectivity index (χ0n) is 13.8. The Labute approximate surface area is 151 Å². The number of anilines is 2. The van der Waals surface area contributed by atoms with Gasteiger partial charge in [-0.2, -0.15) is 0 Å². The van der Waals surface area contributed by atoms with E-state index in [0.29, 0.717) is 5.69 Å². The molecule has 0 atom stereocenters. The molecule has 0 bridgehead atoms. The number of carbonyl (C=O) groups is 1. The molecule has 1 aromatic heterocycles. The third kappa shape index (κ3) is 4.51. The topological polar surface area (TPSA) is 88.6 Å². The second-order valence-corrected chi connectivity index (χ2v) is 6.07. The van der Waals surface area contributed by atoms with E-state index >= 15 is 0 Å². The minimum absolute atomic E-state index is 0. The van der Waals surface area contributed by atoms with Crippen LogP contribution in [0.3, 0.4) is 0 Å². The summed E-state index contributed by atoms with van der Waals surface area (Å²) in [5, 5.41) is 13.3. The molecule has 0 unspecified atom stereocenters. The average Bonchev–Trinajstić information content (AvgIpc) is 3.07. The van der Waals surface area contributed by atoms with Gasteiger partial charge in [0.15, 0.2) is 5.76 Å². The number of carbonyl (C=O) groups excluding carboxylic acids is 1. The number of halogens is 1. The van der Waals surface area contributed by atoms with E-state index in [4.69, 9.17) is 4.42 Å². The van der Waals surface area contributed by atoms with Gasteiger partial charge in [0, 0.05) is 24.5 Å². The molecule has 0 saturated carbocycles. The summed E-state index contributed by atoms with van der Waals surface area (Å²) in [4.78, 5) is 24.3. The van der Waals surface area contributed by atoms with Gasteiger partial charge in [-0.1, -0.05) is 6.92 Å². The number of piperidine rings is 1. The highest BCUT2D eigenvalue weighted by Crippen LogP contribution is 2.24. The first kappa shape index (κ1) is 18.8. The van der Waals surface area contributed by atoms with Gasteiger partial charge in [-0.25, -0.2) is 0 Å². The first-order chi connectivity index (χ1) is 11.5. The van der Waals surface area contributed by atoms with Crippen LogP contribution in [0.5, 0.6) is 0 Å². The second-order valence-electron chi connectivity index (χ2n) is 6.07. The van der Waals surface area contributed by atoms with Crippen molar-refractivity contribution in [2.45, 2.75) is 19.8 Å². The highest BCUT2D eigenvalue weighted by atomic mass is 35.5. The molecule has 1 aliphatic rings. The quantitative estimate of drug-likeness (QED) is 0.650. The van der Waals surface area contributed by atoms with Crippen LogP contribution in [0.2, 0.25) is 0 Å². The molecule has 3 rings (SSSR count). The predicted molar refractivity (Wildman–Crippen MR) is 97.6 cm³/mol. The number of benzene rings is 1. The summed E-state index contributed by atoms with van der Waals surface area (Å²) in [6, 6.07) is 10.0. The van der Waals surface area contributed by atoms with Crippen molar-refractivity contribution in [3.05, 3.63) is 52.3 Å². The molecule has 8 heteroatoms. The lowest BCUT2D eigenvalue weighted by Crippen LogP contribution is -2.32. The molecule has 0 spiro atoms. The fraction of sp³-hybridized carbons (Fsp3) is 0.353. The van der Waals surface area contributed by atoms with Gasteiger partial charge >= 0.3 is 5.88 Å². The monoisotopic (exact) mass is 365 g/mol. The van der Waals surface area contributed by atoms with E-state index in [1.165, 1.54) is 18.9 Å². The van der Waals surface area contributed by atoms with Crippen LogP contribution in [0.4, 0.5) is 17.3 Å². The molecule has 0 aliphatic carbocycles. The normalized spacial score (nSPS) is 14.7. The summed E-state index contributed by atoms with van der Waals surface area (Å²) in [7, 11) is 0. The van der Waals surface area contributed by atoms with E-state index in [9.17, 15) is 14.9 Å². The van der Waals surface area contributed by atoms with Gasteiger partial charge in [-0.3, -0.25) is 14.9 Å². The Morgan fingerprint density at radius 3 is 2.40 bits per heavy atom. The zero-order chi connectivity index (χ0) is 17.1. The Kier molecular flexibility index (Phi) is 6.03. The molecule has 1 amide bonds. The lowest BCUT2D eigenvalue weighted by Gasteiger charge is -2.32. The summed E-state index contributed by atoms with van der Waals surface area (Å²) < 4.78 is 4.89. The molecule has 0 radical (unpaired) electrons. The summed E-state index contributed by atoms with van der Waals surface area (Å²) in [6.07, 6.45) is 2.38. The van der Waals surface area contributed by atoms with Gasteiger partial charge in [-0.05, 0) is 49.1 Å². The summed E-state index contributed by atoms with van der Waals surface area (Å²) in [5.74, 6) is -0.273. The highest BCUT2D eigenvalue weighted by molar-refractivity contribution is 6.02. The Balaban J connectivity index is 0.00000225. The van der Waals surface area contributed by atoms with Crippen LogP contribution in [0.15, 0.2) is 40.8 Å². The lowest BCUT2D eigenvalue weighted by atomic mass is 9.99. The fourth-order valence-electron chi connectivity index (χ4n) is 2.76. The summed E-state index contributed by atoms with van der Waals surface area (Å²) in [5.41, 5.74) is 1.75. The van der Waals surface area contributed by atoms with Crippen molar-refractivity contribution in [3.8, 4) is 0 Å². The molecule has 1 aromatic carbocycles. The Morgan fingerprint density at radius 1 is 1.20 bits per heavy atom. The van der Waals surface area contributed by atoms with Gasteiger partial charge in [0.1, 0.15) is 4.92 Å². The van der Waals surface area contributed by atoms with E-state index in [1.807, 2.05) is 24.3 Å². The smallest absolute Gasteiger partial charge is 0.395 e. The van der Waals surface area contributed by atoms with Crippen LogP contribution in [-0.2, 0) is 0 Å². The Bertz CT molecular complexity index is 737. The Morgan fingerprint density at radius 2 is 1.84 bits per heavy atom. The van der Waals surface area contributed by atoms with Crippen molar-refractivity contribution in [1.82, 2.24) is 0 Å². The number of nitrogens with one attached hydrogen (secondary N) is 1. The molecule has 134 valence electrons. The van der Waals surface area contributed by atoms with E-state index in [1.54, 1.807) is 0 Å². The van der Waals surface area contributed by atoms with Crippen LogP contribution < -0.4 is 10.2 Å². The van der Waals surface area contributed by atoms with E-state index in [0.717, 1.165) is 30.8 Å². The first-order valence-electron chi connectivity index (χ1n) is 7.93. The molecule has 25 heavy (non-hydrogen) atoms. The SMILES string of the molecule is CC1CCN(c2ccc(NC(=O)c3ccc([N+](=O)[O-])o3)cc2)CC1.Cl. The van der Waals surface area contributed by atoms with E-state index < -0.39 is 16.7 Å². The summed E-state index contributed by atoms with van der Waals surface area (Å²) >= 11 is 0. The van der Waals surface area contributed by atoms with Crippen LogP contribution in [0.25, 0.3) is 0 Å². The maximum absolute atomic E-state index is 12.0. The van der Waals surface area contributed by atoms with Crippen LogP contribution in [0.1, 0.15) is 30.3 Å². The lowest BCUT2D eigenvalue weighted by molar-refractivity contribution is -0.402. The molecule has 1 fully saturated rings. The second kappa shape index (κ2) is 8.02. The number of rotatable bonds is 4. The van der Waals surface area contributed by atoms with Crippen molar-refractivity contribution >= 4 is 35.6 Å². The molecule has 2 heterocycles. The van der Waals surface area contributed by atoms with Crippen LogP contribution >= 0.6 is 12.4 Å². The van der Waals surface area contributed by atoms with Crippen molar-refractivity contribution < 1.29 is 14.1 Å². The van der Waals surface area contributed by atoms with Gasteiger partial charge < -0.3 is 14.6 Å². The van der Waals surface area contributed by atoms with Crippen LogP contribution in [0, 0.1) is 16.0 Å². The average molecular weight is 366 g/mol. The van der Waals surface area contributed by atoms with Crippen molar-refractivity contribution in [2.24, 2.45) is 5.92 Å². The number of hydrogen-bond donors (Lipinski definition) is 1. The molecule has 7 nitrogen and oxygen atoms in total. The molecule has 1 saturated heterocycles. The standard InChI is InChI=1S/C17H19N3O4.ClH/c1-12-8-10-19(11-9-12)14-4-2-13(3-5-14)18-17(21)15-6-7-16(24-15)20(22)23;/h2-7,12H,8-11H2,1H3,(H,18,21);1H. The van der Waals surface area contributed by atoms with Gasteiger partial charge in [0.25, 0.3) is 5.91 Å². The minimum atomic E-state index is -0.676. The highest BCUT2D eigenvalue weighted by Gasteiger charge is 2.18. The van der Waals surface area contributed by atoms with Crippen LogP contribution in [-0.4, -0.2) is 23.9 Å². The predicted octanol–water partition coefficient (Wildman–Crippen LogP) is 4.10. The molecule has 1 aliphatic heterocycles. The van der Waals surface area contributed by atoms with Crippen molar-refractivity contribution in [2.75, 3.05) is 23.3 Å². The molecule has 2 aromatic rings. The van der Waals surface area contributed by atoms with Crippen molar-refractivity contribution in [3.63, 3.8) is 0 Å². The van der Waals surface area contributed by atoms with Gasteiger partial charge in [0.2, 0.25) is 0 Å². The molecule has 1 N–H and O–H groups in total. The minimum Gasteiger partial charge on any atom is -0.395 e. The van der Waals surface area contributed by atoms with Crippen molar-refractivity contribution in [1.29, 1.82) is 0 Å². The number of nitrogens with zero attached hydrogens (tertiary/aromatic N) is 2. The Hall–Kier alpha value is -2.54. The maximum atomic E-state index is 12.0. The molecular weight excluding hydrogens is 346 g/mol.